The third-order valence-electron chi connectivity index (χ3n) is 2.08. The summed E-state index contributed by atoms with van der Waals surface area (Å²) in [7, 11) is 1.85. The van der Waals surface area contributed by atoms with Crippen molar-refractivity contribution < 1.29 is 4.39 Å². The molecule has 0 bridgehead atoms. The maximum Gasteiger partial charge on any atom is 0.142 e. The van der Waals surface area contributed by atoms with Crippen LogP contribution in [0.4, 0.5) is 4.39 Å². The van der Waals surface area contributed by atoms with Crippen molar-refractivity contribution in [2.75, 3.05) is 7.05 Å². The predicted octanol–water partition coefficient (Wildman–Crippen LogP) is 1.33. The Kier molecular flexibility index (Phi) is 2.73. The molecule has 0 saturated heterocycles. The van der Waals surface area contributed by atoms with Gasteiger partial charge in [0.05, 0.1) is 18.1 Å². The summed E-state index contributed by atoms with van der Waals surface area (Å²) in [4.78, 5) is 3.80. The van der Waals surface area contributed by atoms with E-state index in [2.05, 4.69) is 20.5 Å². The van der Waals surface area contributed by atoms with Crippen LogP contribution in [0.15, 0.2) is 24.7 Å². The van der Waals surface area contributed by atoms with Gasteiger partial charge in [-0.2, -0.15) is 5.10 Å². The summed E-state index contributed by atoms with van der Waals surface area (Å²) < 4.78 is 13.0. The number of H-pyrrole nitrogens is 1. The molecule has 0 aromatic carbocycles. The number of aromatic amines is 1. The summed E-state index contributed by atoms with van der Waals surface area (Å²) in [6.45, 7) is 0.683. The van der Waals surface area contributed by atoms with Crippen LogP contribution in [0.5, 0.6) is 0 Å². The average molecular weight is 206 g/mol. The second-order valence-corrected chi connectivity index (χ2v) is 3.19. The number of aromatic nitrogens is 3. The quantitative estimate of drug-likeness (QED) is 0.796. The van der Waals surface area contributed by atoms with Gasteiger partial charge in [0.15, 0.2) is 0 Å². The first kappa shape index (κ1) is 9.79. The van der Waals surface area contributed by atoms with E-state index in [4.69, 9.17) is 0 Å². The molecule has 2 aromatic rings. The number of nitrogens with one attached hydrogen (secondary N) is 2. The molecule has 0 aliphatic heterocycles. The van der Waals surface area contributed by atoms with Gasteiger partial charge in [-0.3, -0.25) is 10.1 Å². The number of nitrogens with zero attached hydrogens (tertiary/aromatic N) is 2. The van der Waals surface area contributed by atoms with Crippen LogP contribution in [0.2, 0.25) is 0 Å². The Balaban J connectivity index is 2.40. The van der Waals surface area contributed by atoms with E-state index in [1.165, 1.54) is 12.3 Å². The number of hydrogen-bond donors (Lipinski definition) is 2. The van der Waals surface area contributed by atoms with Crippen LogP contribution >= 0.6 is 0 Å². The summed E-state index contributed by atoms with van der Waals surface area (Å²) in [6.07, 6.45) is 4.50. The standard InChI is InChI=1S/C10H11FN4/c1-12-3-8-5-14-15-10(8)7-2-9(11)6-13-4-7/h2,4-6,12H,3H2,1H3,(H,14,15). The molecule has 0 unspecified atom stereocenters. The smallest absolute Gasteiger partial charge is 0.142 e. The van der Waals surface area contributed by atoms with Crippen molar-refractivity contribution in [1.82, 2.24) is 20.5 Å². The molecular formula is C10H11FN4. The van der Waals surface area contributed by atoms with E-state index in [0.717, 1.165) is 11.3 Å². The van der Waals surface area contributed by atoms with Crippen molar-refractivity contribution in [2.24, 2.45) is 0 Å². The van der Waals surface area contributed by atoms with E-state index in [1.807, 2.05) is 7.05 Å². The molecule has 2 aromatic heterocycles. The van der Waals surface area contributed by atoms with E-state index in [1.54, 1.807) is 12.4 Å². The Bertz CT molecular complexity index is 452. The molecule has 0 amide bonds. The summed E-state index contributed by atoms with van der Waals surface area (Å²) in [5.74, 6) is -0.350. The fourth-order valence-corrected chi connectivity index (χ4v) is 1.43. The molecular weight excluding hydrogens is 195 g/mol. The highest BCUT2D eigenvalue weighted by molar-refractivity contribution is 5.61. The van der Waals surface area contributed by atoms with Gasteiger partial charge in [0.25, 0.3) is 0 Å². The molecule has 0 spiro atoms. The molecule has 78 valence electrons. The van der Waals surface area contributed by atoms with E-state index >= 15 is 0 Å². The number of rotatable bonds is 3. The number of halogens is 1. The van der Waals surface area contributed by atoms with Crippen molar-refractivity contribution >= 4 is 0 Å². The molecule has 5 heteroatoms. The molecule has 2 rings (SSSR count). The highest BCUT2D eigenvalue weighted by Gasteiger charge is 2.07. The van der Waals surface area contributed by atoms with Gasteiger partial charge in [-0.05, 0) is 13.1 Å². The van der Waals surface area contributed by atoms with Crippen molar-refractivity contribution in [3.63, 3.8) is 0 Å². The van der Waals surface area contributed by atoms with Crippen LogP contribution in [0.25, 0.3) is 11.3 Å². The highest BCUT2D eigenvalue weighted by atomic mass is 19.1. The van der Waals surface area contributed by atoms with E-state index in [9.17, 15) is 4.39 Å². The number of pyridine rings is 1. The summed E-state index contributed by atoms with van der Waals surface area (Å²) in [6, 6.07) is 1.43. The minimum Gasteiger partial charge on any atom is -0.316 e. The Morgan fingerprint density at radius 1 is 1.40 bits per heavy atom. The molecule has 0 fully saturated rings. The summed E-state index contributed by atoms with van der Waals surface area (Å²) in [5, 5.41) is 9.79. The lowest BCUT2D eigenvalue weighted by atomic mass is 10.1. The number of hydrogen-bond acceptors (Lipinski definition) is 3. The first-order valence-electron chi connectivity index (χ1n) is 4.59. The van der Waals surface area contributed by atoms with Crippen molar-refractivity contribution in [2.45, 2.75) is 6.54 Å². The van der Waals surface area contributed by atoms with Gasteiger partial charge in [-0.15, -0.1) is 0 Å². The van der Waals surface area contributed by atoms with E-state index in [-0.39, 0.29) is 5.82 Å². The van der Waals surface area contributed by atoms with Crippen molar-refractivity contribution in [1.29, 1.82) is 0 Å². The van der Waals surface area contributed by atoms with Crippen LogP contribution in [-0.4, -0.2) is 22.2 Å². The SMILES string of the molecule is CNCc1cn[nH]c1-c1cncc(F)c1. The Hall–Kier alpha value is -1.75. The molecule has 2 N–H and O–H groups in total. The fourth-order valence-electron chi connectivity index (χ4n) is 1.43. The van der Waals surface area contributed by atoms with Gasteiger partial charge in [-0.1, -0.05) is 0 Å². The largest absolute Gasteiger partial charge is 0.316 e. The summed E-state index contributed by atoms with van der Waals surface area (Å²) >= 11 is 0. The van der Waals surface area contributed by atoms with Gasteiger partial charge >= 0.3 is 0 Å². The third-order valence-corrected chi connectivity index (χ3v) is 2.08. The van der Waals surface area contributed by atoms with Crippen LogP contribution in [0.3, 0.4) is 0 Å². The molecule has 0 radical (unpaired) electrons. The van der Waals surface area contributed by atoms with E-state index in [0.29, 0.717) is 12.1 Å². The minimum absolute atomic E-state index is 0.350. The second-order valence-electron chi connectivity index (χ2n) is 3.19. The Morgan fingerprint density at radius 3 is 3.00 bits per heavy atom. The highest BCUT2D eigenvalue weighted by Crippen LogP contribution is 2.20. The lowest BCUT2D eigenvalue weighted by Crippen LogP contribution is -2.05. The molecule has 4 nitrogen and oxygen atoms in total. The fraction of sp³-hybridized carbons (Fsp3) is 0.200. The topological polar surface area (TPSA) is 53.6 Å². The van der Waals surface area contributed by atoms with Crippen molar-refractivity contribution in [3.05, 3.63) is 36.0 Å². The lowest BCUT2D eigenvalue weighted by Gasteiger charge is -2.01. The lowest BCUT2D eigenvalue weighted by molar-refractivity contribution is 0.622. The average Bonchev–Trinajstić information content (AvgIpc) is 2.66. The predicted molar refractivity (Wildman–Crippen MR) is 54.5 cm³/mol. The monoisotopic (exact) mass is 206 g/mol. The molecule has 15 heavy (non-hydrogen) atoms. The van der Waals surface area contributed by atoms with Gasteiger partial charge in [-0.25, -0.2) is 4.39 Å². The zero-order valence-electron chi connectivity index (χ0n) is 8.29. The molecule has 0 aliphatic carbocycles. The Labute approximate surface area is 86.6 Å². The third kappa shape index (κ3) is 2.02. The zero-order chi connectivity index (χ0) is 10.7. The zero-order valence-corrected chi connectivity index (χ0v) is 8.29. The van der Waals surface area contributed by atoms with Gasteiger partial charge in [0, 0.05) is 23.9 Å². The molecule has 2 heterocycles. The Morgan fingerprint density at radius 2 is 2.27 bits per heavy atom. The first-order chi connectivity index (χ1) is 7.31. The van der Waals surface area contributed by atoms with Gasteiger partial charge in [0.2, 0.25) is 0 Å². The van der Waals surface area contributed by atoms with Crippen LogP contribution < -0.4 is 5.32 Å². The maximum atomic E-state index is 13.0. The molecule has 0 saturated carbocycles. The minimum atomic E-state index is -0.350. The normalized spacial score (nSPS) is 10.5. The first-order valence-corrected chi connectivity index (χ1v) is 4.59. The second kappa shape index (κ2) is 4.18. The van der Waals surface area contributed by atoms with Gasteiger partial charge in [0.1, 0.15) is 5.82 Å². The molecule has 0 atom stereocenters. The van der Waals surface area contributed by atoms with Crippen LogP contribution in [0.1, 0.15) is 5.56 Å². The van der Waals surface area contributed by atoms with Gasteiger partial charge < -0.3 is 5.32 Å². The van der Waals surface area contributed by atoms with Crippen LogP contribution in [0, 0.1) is 5.82 Å². The summed E-state index contributed by atoms with van der Waals surface area (Å²) in [5.41, 5.74) is 2.50. The van der Waals surface area contributed by atoms with Crippen molar-refractivity contribution in [3.8, 4) is 11.3 Å². The molecule has 0 aliphatic rings. The maximum absolute atomic E-state index is 13.0. The van der Waals surface area contributed by atoms with Crippen LogP contribution in [-0.2, 0) is 6.54 Å². The van der Waals surface area contributed by atoms with E-state index < -0.39 is 0 Å².